The van der Waals surface area contributed by atoms with E-state index in [0.29, 0.717) is 12.4 Å². The van der Waals surface area contributed by atoms with Gasteiger partial charge in [-0.25, -0.2) is 0 Å². The molecule has 2 aromatic rings. The Labute approximate surface area is 121 Å². The van der Waals surface area contributed by atoms with Crippen LogP contribution in [0.1, 0.15) is 11.1 Å². The van der Waals surface area contributed by atoms with E-state index in [2.05, 4.69) is 27.8 Å². The second-order valence-corrected chi connectivity index (χ2v) is 4.78. The third-order valence-electron chi connectivity index (χ3n) is 2.50. The number of aliphatic hydroxyl groups excluding tert-OH is 1. The van der Waals surface area contributed by atoms with Gasteiger partial charge in [-0.15, -0.1) is 0 Å². The highest BCUT2D eigenvalue weighted by atomic mass is 79.9. The van der Waals surface area contributed by atoms with E-state index >= 15 is 0 Å². The molecule has 1 N–H and O–H groups in total. The highest BCUT2D eigenvalue weighted by Crippen LogP contribution is 2.23. The minimum Gasteiger partial charge on any atom is -0.481 e. The van der Waals surface area contributed by atoms with Crippen molar-refractivity contribution in [3.63, 3.8) is 0 Å². The summed E-state index contributed by atoms with van der Waals surface area (Å²) in [7, 11) is 0. The van der Waals surface area contributed by atoms with E-state index in [1.54, 1.807) is 0 Å². The lowest BCUT2D eigenvalue weighted by Crippen LogP contribution is -1.98. The molecule has 0 amide bonds. The molecule has 3 heteroatoms. The molecule has 96 valence electrons. The fourth-order valence-corrected chi connectivity index (χ4v) is 1.99. The van der Waals surface area contributed by atoms with Crippen LogP contribution in [0.2, 0.25) is 0 Å². The number of benzene rings is 2. The van der Waals surface area contributed by atoms with E-state index in [-0.39, 0.29) is 6.61 Å². The number of ether oxygens (including phenoxy) is 1. The molecule has 19 heavy (non-hydrogen) atoms. The summed E-state index contributed by atoms with van der Waals surface area (Å²) in [6.07, 6.45) is 0. The summed E-state index contributed by atoms with van der Waals surface area (Å²) in [5, 5.41) is 9.24. The topological polar surface area (TPSA) is 29.5 Å². The average molecular weight is 317 g/mol. The van der Waals surface area contributed by atoms with Crippen LogP contribution in [0.25, 0.3) is 0 Å². The van der Waals surface area contributed by atoms with Crippen molar-refractivity contribution in [2.75, 3.05) is 6.61 Å². The van der Waals surface area contributed by atoms with Crippen molar-refractivity contribution in [3.05, 3.63) is 64.1 Å². The van der Waals surface area contributed by atoms with Gasteiger partial charge in [0.25, 0.3) is 0 Å². The third-order valence-corrected chi connectivity index (χ3v) is 2.99. The molecule has 0 aliphatic heterocycles. The van der Waals surface area contributed by atoms with Crippen molar-refractivity contribution in [3.8, 4) is 17.6 Å². The van der Waals surface area contributed by atoms with Crippen LogP contribution in [0.5, 0.6) is 5.75 Å². The monoisotopic (exact) mass is 316 g/mol. The summed E-state index contributed by atoms with van der Waals surface area (Å²) in [5.41, 5.74) is 1.71. The molecule has 2 aromatic carbocycles. The SMILES string of the molecule is OCc1cc(Br)ccc1OCC#Cc1ccccc1. The standard InChI is InChI=1S/C16H13BrO2/c17-15-8-9-16(14(11-15)12-18)19-10-4-7-13-5-2-1-3-6-13/h1-3,5-6,8-9,11,18H,10,12H2. The van der Waals surface area contributed by atoms with Gasteiger partial charge in [0, 0.05) is 15.6 Å². The summed E-state index contributed by atoms with van der Waals surface area (Å²) in [6.45, 7) is 0.240. The fraction of sp³-hybridized carbons (Fsp3) is 0.125. The van der Waals surface area contributed by atoms with Crippen LogP contribution in [0.3, 0.4) is 0 Å². The highest BCUT2D eigenvalue weighted by Gasteiger charge is 2.02. The first-order valence-corrected chi connectivity index (χ1v) is 6.65. The van der Waals surface area contributed by atoms with Crippen molar-refractivity contribution in [2.24, 2.45) is 0 Å². The van der Waals surface area contributed by atoms with Crippen LogP contribution in [0.4, 0.5) is 0 Å². The summed E-state index contributed by atoms with van der Waals surface area (Å²) >= 11 is 3.35. The Bertz CT molecular complexity index is 597. The first kappa shape index (κ1) is 13.7. The molecule has 0 aliphatic rings. The largest absolute Gasteiger partial charge is 0.481 e. The normalized spacial score (nSPS) is 9.58. The Morgan fingerprint density at radius 2 is 1.89 bits per heavy atom. The quantitative estimate of drug-likeness (QED) is 0.880. The Balaban J connectivity index is 1.98. The predicted molar refractivity (Wildman–Crippen MR) is 78.9 cm³/mol. The maximum atomic E-state index is 9.24. The summed E-state index contributed by atoms with van der Waals surface area (Å²) in [4.78, 5) is 0. The molecule has 0 saturated carbocycles. The molecule has 0 aliphatic carbocycles. The van der Waals surface area contributed by atoms with Gasteiger partial charge in [0.2, 0.25) is 0 Å². The van der Waals surface area contributed by atoms with Gasteiger partial charge >= 0.3 is 0 Å². The Kier molecular flexibility index (Phi) is 5.02. The number of aliphatic hydroxyl groups is 1. The molecule has 0 saturated heterocycles. The third kappa shape index (κ3) is 4.13. The number of hydrogen-bond donors (Lipinski definition) is 1. The molecule has 0 bridgehead atoms. The predicted octanol–water partition coefficient (Wildman–Crippen LogP) is 3.37. The first-order valence-electron chi connectivity index (χ1n) is 5.85. The lowest BCUT2D eigenvalue weighted by Gasteiger charge is -2.07. The molecule has 0 heterocycles. The van der Waals surface area contributed by atoms with Crippen molar-refractivity contribution in [1.29, 1.82) is 0 Å². The molecule has 0 fully saturated rings. The number of rotatable bonds is 3. The van der Waals surface area contributed by atoms with Crippen LogP contribution in [-0.2, 0) is 6.61 Å². The Morgan fingerprint density at radius 1 is 1.11 bits per heavy atom. The average Bonchev–Trinajstić information content (AvgIpc) is 2.46. The van der Waals surface area contributed by atoms with Crippen LogP contribution >= 0.6 is 15.9 Å². The molecule has 0 spiro atoms. The highest BCUT2D eigenvalue weighted by molar-refractivity contribution is 9.10. The molecule has 2 rings (SSSR count). The van der Waals surface area contributed by atoms with Gasteiger partial charge in [0.1, 0.15) is 12.4 Å². The smallest absolute Gasteiger partial charge is 0.149 e. The van der Waals surface area contributed by atoms with Crippen LogP contribution in [-0.4, -0.2) is 11.7 Å². The van der Waals surface area contributed by atoms with E-state index in [1.807, 2.05) is 48.5 Å². The zero-order valence-electron chi connectivity index (χ0n) is 10.3. The molecule has 0 atom stereocenters. The zero-order chi connectivity index (χ0) is 13.5. The molecule has 0 unspecified atom stereocenters. The molecule has 0 radical (unpaired) electrons. The van der Waals surface area contributed by atoms with Crippen molar-refractivity contribution in [1.82, 2.24) is 0 Å². The van der Waals surface area contributed by atoms with Gasteiger partial charge in [-0.2, -0.15) is 0 Å². The van der Waals surface area contributed by atoms with Crippen molar-refractivity contribution >= 4 is 15.9 Å². The van der Waals surface area contributed by atoms with Crippen LogP contribution < -0.4 is 4.74 Å². The van der Waals surface area contributed by atoms with Gasteiger partial charge in [-0.1, -0.05) is 46.0 Å². The van der Waals surface area contributed by atoms with Crippen molar-refractivity contribution in [2.45, 2.75) is 6.61 Å². The summed E-state index contributed by atoms with van der Waals surface area (Å²) < 4.78 is 6.47. The van der Waals surface area contributed by atoms with Gasteiger partial charge in [-0.05, 0) is 30.3 Å². The van der Waals surface area contributed by atoms with Gasteiger partial charge < -0.3 is 9.84 Å². The Hall–Kier alpha value is -1.76. The summed E-state index contributed by atoms with van der Waals surface area (Å²) in [6, 6.07) is 15.3. The second-order valence-electron chi connectivity index (χ2n) is 3.87. The summed E-state index contributed by atoms with van der Waals surface area (Å²) in [5.74, 6) is 6.63. The zero-order valence-corrected chi connectivity index (χ0v) is 11.9. The van der Waals surface area contributed by atoms with Crippen LogP contribution in [0.15, 0.2) is 53.0 Å². The maximum Gasteiger partial charge on any atom is 0.149 e. The molecular weight excluding hydrogens is 304 g/mol. The van der Waals surface area contributed by atoms with E-state index in [1.165, 1.54) is 0 Å². The lowest BCUT2D eigenvalue weighted by molar-refractivity contribution is 0.270. The molecular formula is C16H13BrO2. The first-order chi connectivity index (χ1) is 9.29. The van der Waals surface area contributed by atoms with E-state index < -0.39 is 0 Å². The van der Waals surface area contributed by atoms with E-state index in [0.717, 1.165) is 15.6 Å². The van der Waals surface area contributed by atoms with Gasteiger partial charge in [-0.3, -0.25) is 0 Å². The maximum absolute atomic E-state index is 9.24. The molecule has 2 nitrogen and oxygen atoms in total. The van der Waals surface area contributed by atoms with Gasteiger partial charge in [0.05, 0.1) is 6.61 Å². The minimum absolute atomic E-state index is 0.0547. The lowest BCUT2D eigenvalue weighted by atomic mass is 10.2. The number of hydrogen-bond acceptors (Lipinski definition) is 2. The number of halogens is 1. The second kappa shape index (κ2) is 6.98. The Morgan fingerprint density at radius 3 is 2.63 bits per heavy atom. The van der Waals surface area contributed by atoms with E-state index in [4.69, 9.17) is 4.74 Å². The van der Waals surface area contributed by atoms with E-state index in [9.17, 15) is 5.11 Å². The fourth-order valence-electron chi connectivity index (χ4n) is 1.59. The van der Waals surface area contributed by atoms with Gasteiger partial charge in [0.15, 0.2) is 0 Å². The molecule has 0 aromatic heterocycles. The minimum atomic E-state index is -0.0547. The van der Waals surface area contributed by atoms with Crippen LogP contribution in [0, 0.1) is 11.8 Å². The van der Waals surface area contributed by atoms with Crippen molar-refractivity contribution < 1.29 is 9.84 Å².